The molecule has 0 saturated carbocycles. The van der Waals surface area contributed by atoms with Crippen LogP contribution >= 0.6 is 0 Å². The first-order valence-electron chi connectivity index (χ1n) is 5.15. The molecule has 2 rings (SSSR count). The third-order valence-electron chi connectivity index (χ3n) is 2.61. The van der Waals surface area contributed by atoms with E-state index >= 15 is 0 Å². The van der Waals surface area contributed by atoms with Crippen molar-refractivity contribution in [2.75, 3.05) is 5.73 Å². The molecular formula is C12H14FN3. The summed E-state index contributed by atoms with van der Waals surface area (Å²) in [6, 6.07) is 8.24. The molecule has 2 aromatic rings. The zero-order valence-electron chi connectivity index (χ0n) is 9.31. The maximum atomic E-state index is 13.6. The van der Waals surface area contributed by atoms with E-state index in [4.69, 9.17) is 5.73 Å². The van der Waals surface area contributed by atoms with Gasteiger partial charge in [-0.15, -0.1) is 0 Å². The van der Waals surface area contributed by atoms with Crippen LogP contribution in [0.1, 0.15) is 24.2 Å². The van der Waals surface area contributed by atoms with Gasteiger partial charge in [-0.2, -0.15) is 5.10 Å². The molecule has 1 atom stereocenters. The monoisotopic (exact) mass is 219 g/mol. The fraction of sp³-hybridized carbons (Fsp3) is 0.250. The van der Waals surface area contributed by atoms with Crippen LogP contribution in [0.25, 0.3) is 0 Å². The van der Waals surface area contributed by atoms with E-state index < -0.39 is 0 Å². The van der Waals surface area contributed by atoms with E-state index in [2.05, 4.69) is 5.10 Å². The number of rotatable bonds is 2. The SMILES string of the molecule is Cc1cc(N)n(C(C)c2ccccc2F)n1. The predicted molar refractivity (Wildman–Crippen MR) is 61.6 cm³/mol. The van der Waals surface area contributed by atoms with Crippen LogP contribution in [0.15, 0.2) is 30.3 Å². The minimum atomic E-state index is -0.234. The lowest BCUT2D eigenvalue weighted by molar-refractivity contribution is 0.524. The highest BCUT2D eigenvalue weighted by Gasteiger charge is 2.15. The van der Waals surface area contributed by atoms with Crippen molar-refractivity contribution in [3.05, 3.63) is 47.4 Å². The Morgan fingerprint density at radius 2 is 2.06 bits per heavy atom. The summed E-state index contributed by atoms with van der Waals surface area (Å²) in [5, 5.41) is 4.25. The van der Waals surface area contributed by atoms with Gasteiger partial charge in [-0.1, -0.05) is 18.2 Å². The van der Waals surface area contributed by atoms with E-state index in [1.165, 1.54) is 6.07 Å². The predicted octanol–water partition coefficient (Wildman–Crippen LogP) is 2.52. The van der Waals surface area contributed by atoms with Gasteiger partial charge in [0.2, 0.25) is 0 Å². The van der Waals surface area contributed by atoms with Gasteiger partial charge in [0.25, 0.3) is 0 Å². The number of halogens is 1. The maximum absolute atomic E-state index is 13.6. The second kappa shape index (κ2) is 3.96. The van der Waals surface area contributed by atoms with Gasteiger partial charge >= 0.3 is 0 Å². The Balaban J connectivity index is 2.43. The molecule has 0 radical (unpaired) electrons. The second-order valence-electron chi connectivity index (χ2n) is 3.85. The Kier molecular flexibility index (Phi) is 2.64. The molecule has 1 aromatic carbocycles. The number of nitrogens with two attached hydrogens (primary N) is 1. The zero-order chi connectivity index (χ0) is 11.7. The van der Waals surface area contributed by atoms with E-state index in [0.717, 1.165) is 5.69 Å². The number of hydrogen-bond acceptors (Lipinski definition) is 2. The van der Waals surface area contributed by atoms with E-state index in [0.29, 0.717) is 11.4 Å². The highest BCUT2D eigenvalue weighted by Crippen LogP contribution is 2.23. The molecule has 1 heterocycles. The number of hydrogen-bond donors (Lipinski definition) is 1. The smallest absolute Gasteiger partial charge is 0.128 e. The average molecular weight is 219 g/mol. The van der Waals surface area contributed by atoms with Crippen LogP contribution in [0.2, 0.25) is 0 Å². The summed E-state index contributed by atoms with van der Waals surface area (Å²) in [6.07, 6.45) is 0. The summed E-state index contributed by atoms with van der Waals surface area (Å²) < 4.78 is 15.2. The van der Waals surface area contributed by atoms with E-state index in [1.54, 1.807) is 22.9 Å². The number of nitrogens with zero attached hydrogens (tertiary/aromatic N) is 2. The van der Waals surface area contributed by atoms with Crippen LogP contribution in [0.3, 0.4) is 0 Å². The first-order chi connectivity index (χ1) is 7.59. The number of nitrogen functional groups attached to an aromatic ring is 1. The van der Waals surface area contributed by atoms with Crippen LogP contribution in [0.5, 0.6) is 0 Å². The summed E-state index contributed by atoms with van der Waals surface area (Å²) in [7, 11) is 0. The molecule has 0 bridgehead atoms. The number of aryl methyl sites for hydroxylation is 1. The van der Waals surface area contributed by atoms with Gasteiger partial charge in [0.15, 0.2) is 0 Å². The molecule has 1 unspecified atom stereocenters. The fourth-order valence-corrected chi connectivity index (χ4v) is 1.79. The van der Waals surface area contributed by atoms with Crippen LogP contribution in [-0.2, 0) is 0 Å². The minimum absolute atomic E-state index is 0.199. The van der Waals surface area contributed by atoms with Crippen molar-refractivity contribution in [2.24, 2.45) is 0 Å². The van der Waals surface area contributed by atoms with Crippen molar-refractivity contribution in [3.8, 4) is 0 Å². The van der Waals surface area contributed by atoms with E-state index in [1.807, 2.05) is 19.9 Å². The Labute approximate surface area is 93.7 Å². The lowest BCUT2D eigenvalue weighted by atomic mass is 10.1. The molecule has 2 N–H and O–H groups in total. The first kappa shape index (κ1) is 10.7. The Hall–Kier alpha value is -1.84. The number of aromatic nitrogens is 2. The molecule has 0 aliphatic carbocycles. The molecule has 84 valence electrons. The maximum Gasteiger partial charge on any atom is 0.128 e. The van der Waals surface area contributed by atoms with Gasteiger partial charge in [0.05, 0.1) is 11.7 Å². The Morgan fingerprint density at radius 1 is 1.38 bits per heavy atom. The molecule has 0 aliphatic heterocycles. The van der Waals surface area contributed by atoms with Crippen LogP contribution in [-0.4, -0.2) is 9.78 Å². The molecule has 0 spiro atoms. The lowest BCUT2D eigenvalue weighted by Crippen LogP contribution is -2.12. The highest BCUT2D eigenvalue weighted by molar-refractivity contribution is 5.33. The van der Waals surface area contributed by atoms with Gasteiger partial charge in [0, 0.05) is 11.6 Å². The Bertz CT molecular complexity index is 505. The highest BCUT2D eigenvalue weighted by atomic mass is 19.1. The fourth-order valence-electron chi connectivity index (χ4n) is 1.79. The van der Waals surface area contributed by atoms with Crippen molar-refractivity contribution >= 4 is 5.82 Å². The summed E-state index contributed by atoms with van der Waals surface area (Å²) in [5.41, 5.74) is 7.24. The standard InChI is InChI=1S/C12H14FN3/c1-8-7-12(14)16(15-8)9(2)10-5-3-4-6-11(10)13/h3-7,9H,14H2,1-2H3. The van der Waals surface area contributed by atoms with Gasteiger partial charge in [0.1, 0.15) is 11.6 Å². The molecule has 0 aliphatic rings. The molecule has 0 amide bonds. The van der Waals surface area contributed by atoms with E-state index in [-0.39, 0.29) is 11.9 Å². The summed E-state index contributed by atoms with van der Waals surface area (Å²) >= 11 is 0. The minimum Gasteiger partial charge on any atom is -0.384 e. The van der Waals surface area contributed by atoms with Gasteiger partial charge in [-0.3, -0.25) is 0 Å². The Morgan fingerprint density at radius 3 is 2.62 bits per heavy atom. The normalized spacial score (nSPS) is 12.7. The third-order valence-corrected chi connectivity index (χ3v) is 2.61. The van der Waals surface area contributed by atoms with Gasteiger partial charge < -0.3 is 5.73 Å². The molecule has 16 heavy (non-hydrogen) atoms. The molecule has 0 saturated heterocycles. The molecule has 1 aromatic heterocycles. The third kappa shape index (κ3) is 1.78. The molecule has 4 heteroatoms. The van der Waals surface area contributed by atoms with Crippen molar-refractivity contribution in [1.29, 1.82) is 0 Å². The lowest BCUT2D eigenvalue weighted by Gasteiger charge is -2.14. The topological polar surface area (TPSA) is 43.8 Å². The van der Waals surface area contributed by atoms with Gasteiger partial charge in [-0.05, 0) is 19.9 Å². The first-order valence-corrected chi connectivity index (χ1v) is 5.15. The van der Waals surface area contributed by atoms with Crippen molar-refractivity contribution in [1.82, 2.24) is 9.78 Å². The largest absolute Gasteiger partial charge is 0.384 e. The van der Waals surface area contributed by atoms with Crippen molar-refractivity contribution in [2.45, 2.75) is 19.9 Å². The van der Waals surface area contributed by atoms with Crippen LogP contribution in [0.4, 0.5) is 10.2 Å². The summed E-state index contributed by atoms with van der Waals surface area (Å²) in [4.78, 5) is 0. The quantitative estimate of drug-likeness (QED) is 0.843. The summed E-state index contributed by atoms with van der Waals surface area (Å²) in [6.45, 7) is 3.74. The van der Waals surface area contributed by atoms with Crippen LogP contribution < -0.4 is 5.73 Å². The van der Waals surface area contributed by atoms with Crippen molar-refractivity contribution in [3.63, 3.8) is 0 Å². The molecule has 3 nitrogen and oxygen atoms in total. The van der Waals surface area contributed by atoms with Crippen molar-refractivity contribution < 1.29 is 4.39 Å². The van der Waals surface area contributed by atoms with Crippen LogP contribution in [0, 0.1) is 12.7 Å². The zero-order valence-corrected chi connectivity index (χ0v) is 9.31. The summed E-state index contributed by atoms with van der Waals surface area (Å²) in [5.74, 6) is 0.316. The second-order valence-corrected chi connectivity index (χ2v) is 3.85. The molecular weight excluding hydrogens is 205 g/mol. The number of benzene rings is 1. The van der Waals surface area contributed by atoms with Gasteiger partial charge in [-0.25, -0.2) is 9.07 Å². The average Bonchev–Trinajstić information content (AvgIpc) is 2.58. The molecule has 0 fully saturated rings. The van der Waals surface area contributed by atoms with E-state index in [9.17, 15) is 4.39 Å². The number of anilines is 1.